The van der Waals surface area contributed by atoms with Gasteiger partial charge >= 0.3 is 7.12 Å². The van der Waals surface area contributed by atoms with E-state index in [-0.39, 0.29) is 0 Å². The highest BCUT2D eigenvalue weighted by Gasteiger charge is 2.39. The summed E-state index contributed by atoms with van der Waals surface area (Å²) in [6, 6.07) is 7.01. The van der Waals surface area contributed by atoms with E-state index in [9.17, 15) is 10.1 Å². The molecule has 0 aliphatic rings. The average molecular weight is 252 g/mol. The molecule has 0 unspecified atom stereocenters. The Bertz CT molecular complexity index is 398. The Hall–Kier alpha value is -1.04. The van der Waals surface area contributed by atoms with Crippen molar-refractivity contribution < 1.29 is 19.5 Å². The van der Waals surface area contributed by atoms with Gasteiger partial charge in [-0.25, -0.2) is 0 Å². The fourth-order valence-electron chi connectivity index (χ4n) is 1.29. The van der Waals surface area contributed by atoms with Crippen LogP contribution in [0.4, 0.5) is 0 Å². The maximum Gasteiger partial charge on any atom is 0.491 e. The Morgan fingerprint density at radius 3 is 2.28 bits per heavy atom. The van der Waals surface area contributed by atoms with Gasteiger partial charge in [0.2, 0.25) is 0 Å². The van der Waals surface area contributed by atoms with Gasteiger partial charge in [-0.3, -0.25) is 0 Å². The lowest BCUT2D eigenvalue weighted by atomic mass is 9.76. The molecule has 100 valence electrons. The van der Waals surface area contributed by atoms with Gasteiger partial charge in [-0.1, -0.05) is 12.1 Å². The molecule has 0 spiro atoms. The van der Waals surface area contributed by atoms with E-state index < -0.39 is 18.3 Å². The Kier molecular flexibility index (Phi) is 4.43. The second kappa shape index (κ2) is 5.30. The molecule has 0 aromatic heterocycles. The highest BCUT2D eigenvalue weighted by molar-refractivity contribution is 6.60. The first kappa shape index (κ1) is 15.0. The standard InChI is InChI=1S/C13H21BO4/c1-12(2,15)13(3,4)18-14(16)10-7-6-8-11(9-10)17-5/h6-9,15-16H,1-5H3. The first-order valence-corrected chi connectivity index (χ1v) is 5.89. The molecule has 0 aliphatic carbocycles. The minimum atomic E-state index is -1.11. The molecular formula is C13H21BO4. The van der Waals surface area contributed by atoms with Crippen molar-refractivity contribution >= 4 is 12.6 Å². The van der Waals surface area contributed by atoms with Crippen molar-refractivity contribution in [1.82, 2.24) is 0 Å². The van der Waals surface area contributed by atoms with Crippen LogP contribution in [0.1, 0.15) is 27.7 Å². The van der Waals surface area contributed by atoms with E-state index in [1.165, 1.54) is 0 Å². The van der Waals surface area contributed by atoms with Gasteiger partial charge in [0.25, 0.3) is 0 Å². The van der Waals surface area contributed by atoms with Crippen molar-refractivity contribution in [3.63, 3.8) is 0 Å². The lowest BCUT2D eigenvalue weighted by Gasteiger charge is -2.38. The molecule has 0 atom stereocenters. The van der Waals surface area contributed by atoms with Crippen molar-refractivity contribution in [2.75, 3.05) is 7.11 Å². The average Bonchev–Trinajstić information content (AvgIpc) is 2.27. The Morgan fingerprint density at radius 1 is 1.17 bits per heavy atom. The summed E-state index contributed by atoms with van der Waals surface area (Å²) < 4.78 is 10.6. The maximum atomic E-state index is 10.1. The summed E-state index contributed by atoms with van der Waals surface area (Å²) in [5.74, 6) is 0.649. The predicted molar refractivity (Wildman–Crippen MR) is 72.1 cm³/mol. The van der Waals surface area contributed by atoms with E-state index in [4.69, 9.17) is 9.39 Å². The van der Waals surface area contributed by atoms with Crippen molar-refractivity contribution in [3.8, 4) is 5.75 Å². The van der Waals surface area contributed by atoms with E-state index in [2.05, 4.69) is 0 Å². The van der Waals surface area contributed by atoms with Gasteiger partial charge in [0.1, 0.15) is 5.75 Å². The summed E-state index contributed by atoms with van der Waals surface area (Å²) >= 11 is 0. The molecule has 1 aromatic carbocycles. The highest BCUT2D eigenvalue weighted by Crippen LogP contribution is 2.25. The van der Waals surface area contributed by atoms with Crippen molar-refractivity contribution in [2.24, 2.45) is 0 Å². The molecule has 0 heterocycles. The molecule has 5 heteroatoms. The van der Waals surface area contributed by atoms with E-state index >= 15 is 0 Å². The first-order chi connectivity index (χ1) is 8.17. The molecule has 1 aromatic rings. The fourth-order valence-corrected chi connectivity index (χ4v) is 1.29. The van der Waals surface area contributed by atoms with Gasteiger partial charge < -0.3 is 19.5 Å². The molecule has 0 amide bonds. The van der Waals surface area contributed by atoms with Gasteiger partial charge in [0.05, 0.1) is 18.3 Å². The fraction of sp³-hybridized carbons (Fsp3) is 0.538. The van der Waals surface area contributed by atoms with Crippen LogP contribution in [0.25, 0.3) is 0 Å². The van der Waals surface area contributed by atoms with Crippen LogP contribution in [0.15, 0.2) is 24.3 Å². The summed E-state index contributed by atoms with van der Waals surface area (Å²) in [5.41, 5.74) is -1.35. The second-order valence-corrected chi connectivity index (χ2v) is 5.32. The molecule has 4 nitrogen and oxygen atoms in total. The smallest absolute Gasteiger partial charge is 0.491 e. The van der Waals surface area contributed by atoms with Crippen LogP contribution >= 0.6 is 0 Å². The Labute approximate surface area is 109 Å². The zero-order chi connectivity index (χ0) is 14.0. The summed E-state index contributed by atoms with van der Waals surface area (Å²) in [7, 11) is 0.453. The van der Waals surface area contributed by atoms with Crippen LogP contribution in [0.5, 0.6) is 5.75 Å². The van der Waals surface area contributed by atoms with Gasteiger partial charge in [0, 0.05) is 0 Å². The van der Waals surface area contributed by atoms with Gasteiger partial charge in [0.15, 0.2) is 0 Å². The number of rotatable bonds is 5. The molecule has 1 rings (SSSR count). The van der Waals surface area contributed by atoms with Crippen LogP contribution in [0.2, 0.25) is 0 Å². The maximum absolute atomic E-state index is 10.1. The van der Waals surface area contributed by atoms with E-state index in [0.717, 1.165) is 0 Å². The quantitative estimate of drug-likeness (QED) is 0.766. The van der Waals surface area contributed by atoms with Crippen LogP contribution in [0.3, 0.4) is 0 Å². The lowest BCUT2D eigenvalue weighted by molar-refractivity contribution is -0.0982. The Balaban J connectivity index is 2.85. The summed E-state index contributed by atoms with van der Waals surface area (Å²) in [6.07, 6.45) is 0. The van der Waals surface area contributed by atoms with Crippen LogP contribution in [0, 0.1) is 0 Å². The molecule has 0 saturated carbocycles. The van der Waals surface area contributed by atoms with Crippen molar-refractivity contribution in [3.05, 3.63) is 24.3 Å². The summed E-state index contributed by atoms with van der Waals surface area (Å²) in [4.78, 5) is 0. The normalized spacial score (nSPS) is 12.4. The minimum Gasteiger partial charge on any atom is -0.497 e. The predicted octanol–water partition coefficient (Wildman–Crippen LogP) is 0.949. The van der Waals surface area contributed by atoms with Gasteiger partial charge in [-0.05, 0) is 45.3 Å². The molecule has 0 fully saturated rings. The number of methoxy groups -OCH3 is 1. The third-order valence-electron chi connectivity index (χ3n) is 3.26. The number of benzene rings is 1. The summed E-state index contributed by atoms with van der Waals surface area (Å²) in [5, 5.41) is 20.0. The monoisotopic (exact) mass is 252 g/mol. The zero-order valence-electron chi connectivity index (χ0n) is 11.6. The number of aliphatic hydroxyl groups is 1. The topological polar surface area (TPSA) is 58.9 Å². The number of hydrogen-bond donors (Lipinski definition) is 2. The number of ether oxygens (including phenoxy) is 1. The summed E-state index contributed by atoms with van der Waals surface area (Å²) in [6.45, 7) is 6.75. The van der Waals surface area contributed by atoms with E-state index in [1.807, 2.05) is 0 Å². The molecular weight excluding hydrogens is 231 g/mol. The molecule has 2 N–H and O–H groups in total. The second-order valence-electron chi connectivity index (χ2n) is 5.32. The van der Waals surface area contributed by atoms with Crippen LogP contribution in [-0.4, -0.2) is 35.6 Å². The van der Waals surface area contributed by atoms with E-state index in [0.29, 0.717) is 11.2 Å². The van der Waals surface area contributed by atoms with E-state index in [1.54, 1.807) is 59.1 Å². The molecule has 0 radical (unpaired) electrons. The largest absolute Gasteiger partial charge is 0.497 e. The SMILES string of the molecule is COc1cccc(B(O)OC(C)(C)C(C)(C)O)c1. The molecule has 0 aliphatic heterocycles. The molecule has 18 heavy (non-hydrogen) atoms. The first-order valence-electron chi connectivity index (χ1n) is 5.89. The van der Waals surface area contributed by atoms with Crippen molar-refractivity contribution in [2.45, 2.75) is 38.9 Å². The minimum absolute atomic E-state index is 0.590. The third kappa shape index (κ3) is 3.48. The highest BCUT2D eigenvalue weighted by atomic mass is 16.5. The molecule has 0 saturated heterocycles. The van der Waals surface area contributed by atoms with Gasteiger partial charge in [-0.15, -0.1) is 0 Å². The number of hydrogen-bond acceptors (Lipinski definition) is 4. The van der Waals surface area contributed by atoms with Crippen LogP contribution in [-0.2, 0) is 4.65 Å². The zero-order valence-corrected chi connectivity index (χ0v) is 11.6. The van der Waals surface area contributed by atoms with Crippen molar-refractivity contribution in [1.29, 1.82) is 0 Å². The third-order valence-corrected chi connectivity index (χ3v) is 3.26. The van der Waals surface area contributed by atoms with Crippen LogP contribution < -0.4 is 10.2 Å². The van der Waals surface area contributed by atoms with Gasteiger partial charge in [-0.2, -0.15) is 0 Å². The molecule has 0 bridgehead atoms. The Morgan fingerprint density at radius 2 is 1.78 bits per heavy atom. The lowest BCUT2D eigenvalue weighted by Crippen LogP contribution is -2.53.